The van der Waals surface area contributed by atoms with Crippen LogP contribution in [0.5, 0.6) is 0 Å². The number of nitrogens with two attached hydrogens (primary N) is 1. The van der Waals surface area contributed by atoms with E-state index in [2.05, 4.69) is 25.3 Å². The predicted molar refractivity (Wildman–Crippen MR) is 84.0 cm³/mol. The first-order chi connectivity index (χ1) is 10.8. The van der Waals surface area contributed by atoms with Crippen LogP contribution in [0.1, 0.15) is 22.9 Å². The van der Waals surface area contributed by atoms with Gasteiger partial charge in [-0.25, -0.2) is 9.97 Å². The van der Waals surface area contributed by atoms with Gasteiger partial charge in [0.15, 0.2) is 0 Å². The summed E-state index contributed by atoms with van der Waals surface area (Å²) in [5.41, 5.74) is 5.69. The average molecular weight is 318 g/mol. The molecule has 0 aliphatic heterocycles. The van der Waals surface area contributed by atoms with E-state index in [0.717, 1.165) is 0 Å². The number of hydrogen-bond donors (Lipinski definition) is 4. The molecular weight excluding hydrogens is 300 g/mol. The summed E-state index contributed by atoms with van der Waals surface area (Å²) in [7, 11) is 0. The molecule has 122 valence electrons. The summed E-state index contributed by atoms with van der Waals surface area (Å²) in [6, 6.07) is 1.18. The summed E-state index contributed by atoms with van der Waals surface area (Å²) in [6.45, 7) is 3.63. The molecule has 0 spiro atoms. The van der Waals surface area contributed by atoms with Crippen molar-refractivity contribution in [3.05, 3.63) is 49.7 Å². The van der Waals surface area contributed by atoms with Gasteiger partial charge in [0, 0.05) is 30.3 Å². The number of carbonyl (C=O) groups excluding carboxylic acids is 1. The topological polar surface area (TPSA) is 147 Å². The Bertz CT molecular complexity index is 839. The number of nitrogens with zero attached hydrogens (tertiary/aromatic N) is 2. The highest BCUT2D eigenvalue weighted by Crippen LogP contribution is 2.00. The lowest BCUT2D eigenvalue weighted by molar-refractivity contribution is -0.120. The zero-order valence-corrected chi connectivity index (χ0v) is 12.9. The molecule has 0 aromatic carbocycles. The van der Waals surface area contributed by atoms with E-state index < -0.39 is 0 Å². The molecule has 9 nitrogen and oxygen atoms in total. The van der Waals surface area contributed by atoms with Crippen LogP contribution in [0.3, 0.4) is 0 Å². The molecule has 0 atom stereocenters. The van der Waals surface area contributed by atoms with E-state index in [1.807, 2.05) is 0 Å². The van der Waals surface area contributed by atoms with Crippen molar-refractivity contribution in [2.75, 3.05) is 12.3 Å². The summed E-state index contributed by atoms with van der Waals surface area (Å²) in [5.74, 6) is 0.716. The molecule has 23 heavy (non-hydrogen) atoms. The number of aryl methyl sites for hydroxylation is 2. The Kier molecular flexibility index (Phi) is 4.89. The van der Waals surface area contributed by atoms with E-state index in [1.54, 1.807) is 13.8 Å². The fraction of sp³-hybridized carbons (Fsp3) is 0.357. The third-order valence-corrected chi connectivity index (χ3v) is 3.17. The van der Waals surface area contributed by atoms with Gasteiger partial charge in [0.25, 0.3) is 11.1 Å². The van der Waals surface area contributed by atoms with Crippen molar-refractivity contribution < 1.29 is 4.79 Å². The van der Waals surface area contributed by atoms with Crippen molar-refractivity contribution in [1.82, 2.24) is 25.3 Å². The van der Waals surface area contributed by atoms with Gasteiger partial charge in [-0.15, -0.1) is 0 Å². The number of H-pyrrole nitrogens is 2. The van der Waals surface area contributed by atoms with Crippen molar-refractivity contribution in [3.63, 3.8) is 0 Å². The molecule has 0 aliphatic rings. The van der Waals surface area contributed by atoms with Crippen molar-refractivity contribution in [1.29, 1.82) is 0 Å². The molecule has 0 aliphatic carbocycles. The Hall–Kier alpha value is -2.97. The quantitative estimate of drug-likeness (QED) is 0.553. The molecule has 9 heteroatoms. The highest BCUT2D eigenvalue weighted by atomic mass is 16.2. The summed E-state index contributed by atoms with van der Waals surface area (Å²) in [6.07, 6.45) is 0.267. The van der Waals surface area contributed by atoms with Crippen LogP contribution in [-0.2, 0) is 17.6 Å². The van der Waals surface area contributed by atoms with Crippen molar-refractivity contribution in [2.45, 2.75) is 26.7 Å². The van der Waals surface area contributed by atoms with Crippen LogP contribution in [0.25, 0.3) is 0 Å². The first kappa shape index (κ1) is 16.4. The molecule has 2 rings (SSSR count). The maximum Gasteiger partial charge on any atom is 0.254 e. The predicted octanol–water partition coefficient (Wildman–Crippen LogP) is -1.05. The Balaban J connectivity index is 1.93. The largest absolute Gasteiger partial charge is 0.383 e. The Morgan fingerprint density at radius 3 is 2.65 bits per heavy atom. The van der Waals surface area contributed by atoms with Gasteiger partial charge in [-0.3, -0.25) is 14.4 Å². The lowest BCUT2D eigenvalue weighted by atomic mass is 10.1. The minimum absolute atomic E-state index is 0.0602. The Morgan fingerprint density at radius 1 is 1.26 bits per heavy atom. The molecule has 0 bridgehead atoms. The zero-order valence-electron chi connectivity index (χ0n) is 12.9. The lowest BCUT2D eigenvalue weighted by Gasteiger charge is -2.07. The van der Waals surface area contributed by atoms with Crippen LogP contribution in [0.15, 0.2) is 15.7 Å². The number of aromatic amines is 2. The van der Waals surface area contributed by atoms with Gasteiger partial charge in [0.05, 0.1) is 6.42 Å². The molecule has 0 radical (unpaired) electrons. The molecule has 5 N–H and O–H groups in total. The standard InChI is InChI=1S/C14H18N6O3/c1-7-9(14(23)18-8(2)17-7)5-12(21)16-4-3-11-19-10(15)6-13(22)20-11/h6H,3-5H2,1-2H3,(H,16,21)(H,17,18,23)(H3,15,19,20,22). The van der Waals surface area contributed by atoms with Crippen molar-refractivity contribution in [2.24, 2.45) is 0 Å². The molecule has 0 fully saturated rings. The minimum atomic E-state index is -0.341. The number of carbonyl (C=O) groups is 1. The third kappa shape index (κ3) is 4.50. The molecule has 2 aromatic heterocycles. The molecular formula is C14H18N6O3. The fourth-order valence-electron chi connectivity index (χ4n) is 2.15. The fourth-order valence-corrected chi connectivity index (χ4v) is 2.15. The lowest BCUT2D eigenvalue weighted by Crippen LogP contribution is -2.31. The van der Waals surface area contributed by atoms with E-state index >= 15 is 0 Å². The van der Waals surface area contributed by atoms with Gasteiger partial charge >= 0.3 is 0 Å². The van der Waals surface area contributed by atoms with Gasteiger partial charge in [-0.2, -0.15) is 0 Å². The number of hydrogen-bond acceptors (Lipinski definition) is 6. The summed E-state index contributed by atoms with van der Waals surface area (Å²) in [5, 5.41) is 2.67. The van der Waals surface area contributed by atoms with Crippen LogP contribution in [0.2, 0.25) is 0 Å². The summed E-state index contributed by atoms with van der Waals surface area (Å²) < 4.78 is 0. The maximum absolute atomic E-state index is 11.9. The molecule has 0 unspecified atom stereocenters. The van der Waals surface area contributed by atoms with Crippen molar-refractivity contribution >= 4 is 11.7 Å². The van der Waals surface area contributed by atoms with E-state index in [9.17, 15) is 14.4 Å². The number of rotatable bonds is 5. The van der Waals surface area contributed by atoms with Gasteiger partial charge in [0.2, 0.25) is 5.91 Å². The minimum Gasteiger partial charge on any atom is -0.383 e. The number of nitrogen functional groups attached to an aromatic ring is 1. The van der Waals surface area contributed by atoms with Crippen LogP contribution in [0.4, 0.5) is 5.82 Å². The monoisotopic (exact) mass is 318 g/mol. The maximum atomic E-state index is 11.9. The van der Waals surface area contributed by atoms with Crippen molar-refractivity contribution in [3.8, 4) is 0 Å². The van der Waals surface area contributed by atoms with Gasteiger partial charge in [-0.1, -0.05) is 0 Å². The highest BCUT2D eigenvalue weighted by Gasteiger charge is 2.11. The molecule has 1 amide bonds. The molecule has 2 heterocycles. The third-order valence-electron chi connectivity index (χ3n) is 3.17. The van der Waals surface area contributed by atoms with E-state index in [4.69, 9.17) is 5.73 Å². The SMILES string of the molecule is Cc1nc(C)c(CC(=O)NCCc2nc(N)cc(=O)[nH]2)c(=O)[nH]1. The second-order valence-electron chi connectivity index (χ2n) is 5.11. The first-order valence-corrected chi connectivity index (χ1v) is 7.04. The second-order valence-corrected chi connectivity index (χ2v) is 5.11. The summed E-state index contributed by atoms with van der Waals surface area (Å²) in [4.78, 5) is 48.2. The second kappa shape index (κ2) is 6.86. The van der Waals surface area contributed by atoms with Crippen LogP contribution in [0, 0.1) is 13.8 Å². The average Bonchev–Trinajstić information content (AvgIpc) is 2.41. The Morgan fingerprint density at radius 2 is 2.00 bits per heavy atom. The van der Waals surface area contributed by atoms with Gasteiger partial charge < -0.3 is 21.0 Å². The van der Waals surface area contributed by atoms with Crippen LogP contribution in [-0.4, -0.2) is 32.4 Å². The number of nitrogens with one attached hydrogen (secondary N) is 3. The number of aromatic nitrogens is 4. The molecule has 2 aromatic rings. The van der Waals surface area contributed by atoms with Gasteiger partial charge in [-0.05, 0) is 13.8 Å². The van der Waals surface area contributed by atoms with Gasteiger partial charge in [0.1, 0.15) is 17.5 Å². The van der Waals surface area contributed by atoms with E-state index in [-0.39, 0.29) is 35.8 Å². The smallest absolute Gasteiger partial charge is 0.254 e. The van der Waals surface area contributed by atoms with Crippen LogP contribution < -0.4 is 22.2 Å². The first-order valence-electron chi connectivity index (χ1n) is 7.04. The normalized spacial score (nSPS) is 10.5. The van der Waals surface area contributed by atoms with Crippen LogP contribution >= 0.6 is 0 Å². The van der Waals surface area contributed by atoms with E-state index in [1.165, 1.54) is 6.07 Å². The number of anilines is 1. The molecule has 0 saturated carbocycles. The summed E-state index contributed by atoms with van der Waals surface area (Å²) >= 11 is 0. The van der Waals surface area contributed by atoms with E-state index in [0.29, 0.717) is 29.3 Å². The Labute approximate surface area is 131 Å². The highest BCUT2D eigenvalue weighted by molar-refractivity contribution is 5.78. The molecule has 0 saturated heterocycles. The number of amides is 1. The zero-order chi connectivity index (χ0) is 17.0.